The van der Waals surface area contributed by atoms with E-state index in [0.29, 0.717) is 13.0 Å². The third-order valence-corrected chi connectivity index (χ3v) is 2.83. The lowest BCUT2D eigenvalue weighted by Crippen LogP contribution is -2.30. The third kappa shape index (κ3) is 3.65. The van der Waals surface area contributed by atoms with Crippen LogP contribution in [0.2, 0.25) is 0 Å². The normalized spacial score (nSPS) is 11.8. The minimum absolute atomic E-state index is 0.0430. The second kappa shape index (κ2) is 6.83. The number of amides is 1. The van der Waals surface area contributed by atoms with Gasteiger partial charge in [-0.1, -0.05) is 6.07 Å². The fraction of sp³-hybridized carbons (Fsp3) is 0.417. The van der Waals surface area contributed by atoms with E-state index in [0.717, 1.165) is 0 Å². The molecule has 0 spiro atoms. The first kappa shape index (κ1) is 15.9. The van der Waals surface area contributed by atoms with Crippen LogP contribution in [0.3, 0.4) is 0 Å². The average Bonchev–Trinajstić information content (AvgIpc) is 2.42. The van der Waals surface area contributed by atoms with Crippen molar-refractivity contribution in [3.8, 4) is 0 Å². The van der Waals surface area contributed by atoms with E-state index in [1.165, 1.54) is 30.1 Å². The Morgan fingerprint density at radius 1 is 1.60 bits per heavy atom. The number of aliphatic hydroxyl groups excluding tert-OH is 1. The number of carbonyl (C=O) groups excluding carboxylic acids is 1. The molecule has 4 N–H and O–H groups in total. The first-order valence-corrected chi connectivity index (χ1v) is 6.06. The molecule has 1 amide bonds. The predicted molar refractivity (Wildman–Crippen MR) is 74.2 cm³/mol. The summed E-state index contributed by atoms with van der Waals surface area (Å²) in [5.41, 5.74) is 1.88. The van der Waals surface area contributed by atoms with Crippen LogP contribution in [0.1, 0.15) is 23.7 Å². The van der Waals surface area contributed by atoms with Gasteiger partial charge >= 0.3 is 5.69 Å². The van der Waals surface area contributed by atoms with E-state index in [-0.39, 0.29) is 16.9 Å². The number of carbonyl (C=O) groups is 1. The highest BCUT2D eigenvalue weighted by Gasteiger charge is 2.26. The maximum atomic E-state index is 12.2. The second-order valence-electron chi connectivity index (χ2n) is 4.47. The van der Waals surface area contributed by atoms with Crippen LogP contribution in [-0.4, -0.2) is 40.5 Å². The standard InChI is InChI=1S/C12H18N4O4/c1-8(17)6-7-15(2)12(18)9-4-3-5-10(14-13)11(9)16(19)20/h3-5,8,14,17H,6-7,13H2,1-2H3. The summed E-state index contributed by atoms with van der Waals surface area (Å²) in [6.07, 6.45) is -0.150. The highest BCUT2D eigenvalue weighted by Crippen LogP contribution is 2.28. The van der Waals surface area contributed by atoms with E-state index < -0.39 is 16.9 Å². The number of hydrogen-bond donors (Lipinski definition) is 3. The molecular formula is C12H18N4O4. The topological polar surface area (TPSA) is 122 Å². The summed E-state index contributed by atoms with van der Waals surface area (Å²) in [6, 6.07) is 4.31. The lowest BCUT2D eigenvalue weighted by Gasteiger charge is -2.18. The van der Waals surface area contributed by atoms with Crippen molar-refractivity contribution in [2.75, 3.05) is 19.0 Å². The Hall–Kier alpha value is -2.19. The number of rotatable bonds is 6. The minimum Gasteiger partial charge on any atom is -0.393 e. The zero-order valence-corrected chi connectivity index (χ0v) is 11.4. The zero-order valence-electron chi connectivity index (χ0n) is 11.4. The molecule has 8 heteroatoms. The van der Waals surface area contributed by atoms with E-state index in [1.54, 1.807) is 6.92 Å². The summed E-state index contributed by atoms with van der Waals surface area (Å²) < 4.78 is 0. The lowest BCUT2D eigenvalue weighted by molar-refractivity contribution is -0.384. The van der Waals surface area contributed by atoms with Crippen LogP contribution >= 0.6 is 0 Å². The van der Waals surface area contributed by atoms with Crippen molar-refractivity contribution >= 4 is 17.3 Å². The maximum Gasteiger partial charge on any atom is 0.306 e. The number of nitrogens with one attached hydrogen (secondary N) is 1. The number of aliphatic hydroxyl groups is 1. The lowest BCUT2D eigenvalue weighted by atomic mass is 10.1. The molecule has 1 aromatic carbocycles. The molecule has 0 aliphatic rings. The Kier molecular flexibility index (Phi) is 5.42. The minimum atomic E-state index is -0.648. The van der Waals surface area contributed by atoms with Gasteiger partial charge < -0.3 is 15.4 Å². The molecule has 1 aromatic rings. The Bertz CT molecular complexity index is 504. The molecule has 1 unspecified atom stereocenters. The number of nitrogens with zero attached hydrogens (tertiary/aromatic N) is 2. The number of nitrogens with two attached hydrogens (primary N) is 1. The SMILES string of the molecule is CC(O)CCN(C)C(=O)c1cccc(NN)c1[N+](=O)[O-]. The average molecular weight is 282 g/mol. The largest absolute Gasteiger partial charge is 0.393 e. The van der Waals surface area contributed by atoms with Gasteiger partial charge in [0.15, 0.2) is 0 Å². The summed E-state index contributed by atoms with van der Waals surface area (Å²) in [4.78, 5) is 24.0. The van der Waals surface area contributed by atoms with Crippen LogP contribution in [0.5, 0.6) is 0 Å². The van der Waals surface area contributed by atoms with Crippen molar-refractivity contribution in [3.05, 3.63) is 33.9 Å². The van der Waals surface area contributed by atoms with Crippen molar-refractivity contribution in [1.82, 2.24) is 4.90 Å². The molecular weight excluding hydrogens is 264 g/mol. The molecule has 1 rings (SSSR count). The smallest absolute Gasteiger partial charge is 0.306 e. The molecule has 0 aromatic heterocycles. The number of para-hydroxylation sites is 1. The third-order valence-electron chi connectivity index (χ3n) is 2.83. The molecule has 8 nitrogen and oxygen atoms in total. The number of nitrogen functional groups attached to an aromatic ring is 1. The molecule has 0 bridgehead atoms. The number of hydrazine groups is 1. The van der Waals surface area contributed by atoms with Crippen LogP contribution in [-0.2, 0) is 0 Å². The fourth-order valence-electron chi connectivity index (χ4n) is 1.72. The molecule has 20 heavy (non-hydrogen) atoms. The maximum absolute atomic E-state index is 12.2. The van der Waals surface area contributed by atoms with Gasteiger partial charge in [0.05, 0.1) is 11.0 Å². The monoisotopic (exact) mass is 282 g/mol. The van der Waals surface area contributed by atoms with Crippen molar-refractivity contribution in [1.29, 1.82) is 0 Å². The van der Waals surface area contributed by atoms with E-state index >= 15 is 0 Å². The van der Waals surface area contributed by atoms with Crippen LogP contribution in [0.25, 0.3) is 0 Å². The van der Waals surface area contributed by atoms with Gasteiger partial charge in [0, 0.05) is 13.6 Å². The van der Waals surface area contributed by atoms with Gasteiger partial charge in [0.1, 0.15) is 11.3 Å². The molecule has 0 fully saturated rings. The van der Waals surface area contributed by atoms with Crippen molar-refractivity contribution in [3.63, 3.8) is 0 Å². The summed E-state index contributed by atoms with van der Waals surface area (Å²) in [7, 11) is 1.52. The van der Waals surface area contributed by atoms with Gasteiger partial charge in [0.25, 0.3) is 5.91 Å². The molecule has 0 saturated carbocycles. The van der Waals surface area contributed by atoms with Crippen LogP contribution in [0, 0.1) is 10.1 Å². The van der Waals surface area contributed by atoms with Crippen LogP contribution in [0.4, 0.5) is 11.4 Å². The molecule has 0 saturated heterocycles. The predicted octanol–water partition coefficient (Wildman–Crippen LogP) is 0.723. The van der Waals surface area contributed by atoms with Gasteiger partial charge in [-0.15, -0.1) is 0 Å². The summed E-state index contributed by atoms with van der Waals surface area (Å²) in [6.45, 7) is 1.91. The molecule has 1 atom stereocenters. The summed E-state index contributed by atoms with van der Waals surface area (Å²) in [5, 5.41) is 20.3. The number of nitro benzene ring substituents is 1. The number of anilines is 1. The molecule has 0 aliphatic heterocycles. The van der Waals surface area contributed by atoms with Gasteiger partial charge in [-0.3, -0.25) is 20.8 Å². The van der Waals surface area contributed by atoms with E-state index in [4.69, 9.17) is 5.84 Å². The van der Waals surface area contributed by atoms with Gasteiger partial charge in [-0.05, 0) is 25.5 Å². The Labute approximate surface area is 116 Å². The first-order valence-electron chi connectivity index (χ1n) is 6.06. The molecule has 0 heterocycles. The van der Waals surface area contributed by atoms with Gasteiger partial charge in [0.2, 0.25) is 0 Å². The van der Waals surface area contributed by atoms with E-state index in [2.05, 4.69) is 5.43 Å². The van der Waals surface area contributed by atoms with Crippen LogP contribution in [0.15, 0.2) is 18.2 Å². The second-order valence-corrected chi connectivity index (χ2v) is 4.47. The number of nitro groups is 1. The summed E-state index contributed by atoms with van der Waals surface area (Å²) >= 11 is 0. The first-order chi connectivity index (χ1) is 9.38. The van der Waals surface area contributed by atoms with Crippen molar-refractivity contribution in [2.24, 2.45) is 5.84 Å². The Morgan fingerprint density at radius 3 is 2.75 bits per heavy atom. The fourth-order valence-corrected chi connectivity index (χ4v) is 1.72. The van der Waals surface area contributed by atoms with E-state index in [9.17, 15) is 20.0 Å². The quantitative estimate of drug-likeness (QED) is 0.401. The highest BCUT2D eigenvalue weighted by molar-refractivity contribution is 6.00. The zero-order chi connectivity index (χ0) is 15.3. The highest BCUT2D eigenvalue weighted by atomic mass is 16.6. The molecule has 0 radical (unpaired) electrons. The van der Waals surface area contributed by atoms with Gasteiger partial charge in [-0.25, -0.2) is 0 Å². The Balaban J connectivity index is 3.06. The van der Waals surface area contributed by atoms with Crippen molar-refractivity contribution in [2.45, 2.75) is 19.4 Å². The molecule has 110 valence electrons. The number of hydrogen-bond acceptors (Lipinski definition) is 6. The van der Waals surface area contributed by atoms with Crippen molar-refractivity contribution < 1.29 is 14.8 Å². The van der Waals surface area contributed by atoms with E-state index in [1.807, 2.05) is 0 Å². The van der Waals surface area contributed by atoms with Crippen LogP contribution < -0.4 is 11.3 Å². The Morgan fingerprint density at radius 2 is 2.25 bits per heavy atom. The number of benzene rings is 1. The molecule has 0 aliphatic carbocycles. The van der Waals surface area contributed by atoms with Gasteiger partial charge in [-0.2, -0.15) is 0 Å². The summed E-state index contributed by atoms with van der Waals surface area (Å²) in [5.74, 6) is 4.73.